The molecule has 0 spiro atoms. The van der Waals surface area contributed by atoms with E-state index < -0.39 is 11.4 Å². The Morgan fingerprint density at radius 1 is 0.938 bits per heavy atom. The Morgan fingerprint density at radius 2 is 1.62 bits per heavy atom. The fourth-order valence-electron chi connectivity index (χ4n) is 5.43. The Morgan fingerprint density at radius 3 is 2.28 bits per heavy atom. The molecular weight excluding hydrogens is 400 g/mol. The number of aryl methyl sites for hydroxylation is 3. The van der Waals surface area contributed by atoms with Crippen LogP contribution in [0.4, 0.5) is 5.69 Å². The van der Waals surface area contributed by atoms with Crippen molar-refractivity contribution in [3.8, 4) is 0 Å². The van der Waals surface area contributed by atoms with Gasteiger partial charge in [-0.05, 0) is 74.4 Å². The van der Waals surface area contributed by atoms with E-state index in [-0.39, 0.29) is 16.7 Å². The van der Waals surface area contributed by atoms with Crippen molar-refractivity contribution in [3.05, 3.63) is 64.7 Å². The molecule has 5 heteroatoms. The largest absolute Gasteiger partial charge is 0.365 e. The Labute approximate surface area is 190 Å². The van der Waals surface area contributed by atoms with Crippen LogP contribution in [0.3, 0.4) is 0 Å². The van der Waals surface area contributed by atoms with Crippen LogP contribution < -0.4 is 5.32 Å². The normalized spacial score (nSPS) is 26.9. The maximum atomic E-state index is 13.6. The highest BCUT2D eigenvalue weighted by molar-refractivity contribution is 6.06. The molecule has 2 aromatic carbocycles. The number of anilines is 1. The van der Waals surface area contributed by atoms with Crippen molar-refractivity contribution in [1.29, 1.82) is 0 Å². The summed E-state index contributed by atoms with van der Waals surface area (Å²) in [7, 11) is 0. The van der Waals surface area contributed by atoms with Crippen molar-refractivity contribution in [1.82, 2.24) is 0 Å². The minimum atomic E-state index is -0.588. The molecule has 2 atom stereocenters. The summed E-state index contributed by atoms with van der Waals surface area (Å²) >= 11 is 0. The van der Waals surface area contributed by atoms with Crippen LogP contribution in [-0.4, -0.2) is 17.6 Å². The number of fused-ring (bicyclic) bond motifs is 2. The molecule has 2 fully saturated rings. The van der Waals surface area contributed by atoms with Gasteiger partial charge in [0.25, 0.3) is 0 Å². The van der Waals surface area contributed by atoms with E-state index in [0.29, 0.717) is 12.0 Å². The van der Waals surface area contributed by atoms with Crippen molar-refractivity contribution in [2.24, 2.45) is 21.4 Å². The molecule has 2 bridgehead atoms. The third-order valence-electron chi connectivity index (χ3n) is 8.46. The SMILES string of the molecule is Cc1ccc(C(=O)O/N=C2/CC3(C(=O)Nc4ccc(C)c(C)c4)CCC2(C)C3(C)C)cc1. The van der Waals surface area contributed by atoms with Crippen LogP contribution in [0.15, 0.2) is 47.6 Å². The van der Waals surface area contributed by atoms with E-state index in [4.69, 9.17) is 4.84 Å². The summed E-state index contributed by atoms with van der Waals surface area (Å²) in [6.45, 7) is 12.5. The molecule has 0 aromatic heterocycles. The minimum Gasteiger partial charge on any atom is -0.326 e. The molecule has 2 aliphatic rings. The third kappa shape index (κ3) is 3.26. The average Bonchev–Trinajstić information content (AvgIpc) is 3.06. The fourth-order valence-corrected chi connectivity index (χ4v) is 5.43. The van der Waals surface area contributed by atoms with Crippen LogP contribution in [0.5, 0.6) is 0 Å². The van der Waals surface area contributed by atoms with Crippen LogP contribution in [0.25, 0.3) is 0 Å². The van der Waals surface area contributed by atoms with Gasteiger partial charge in [0, 0.05) is 17.5 Å². The number of carbonyl (C=O) groups is 2. The molecule has 168 valence electrons. The molecule has 0 radical (unpaired) electrons. The Kier molecular flexibility index (Phi) is 5.27. The van der Waals surface area contributed by atoms with E-state index in [1.54, 1.807) is 12.1 Å². The van der Waals surface area contributed by atoms with Gasteiger partial charge in [-0.2, -0.15) is 0 Å². The predicted octanol–water partition coefficient (Wildman–Crippen LogP) is 5.98. The molecule has 0 saturated heterocycles. The first kappa shape index (κ1) is 22.3. The number of benzene rings is 2. The predicted molar refractivity (Wildman–Crippen MR) is 127 cm³/mol. The zero-order chi connectivity index (χ0) is 23.3. The highest BCUT2D eigenvalue weighted by Crippen LogP contribution is 2.71. The lowest BCUT2D eigenvalue weighted by Gasteiger charge is -2.39. The first-order valence-electron chi connectivity index (χ1n) is 11.2. The lowest BCUT2D eigenvalue weighted by molar-refractivity contribution is -0.130. The van der Waals surface area contributed by atoms with Gasteiger partial charge < -0.3 is 10.2 Å². The van der Waals surface area contributed by atoms with Gasteiger partial charge in [-0.15, -0.1) is 0 Å². The topological polar surface area (TPSA) is 67.8 Å². The van der Waals surface area contributed by atoms with Crippen molar-refractivity contribution >= 4 is 23.3 Å². The molecule has 0 aliphatic heterocycles. The number of oxime groups is 1. The molecule has 2 saturated carbocycles. The van der Waals surface area contributed by atoms with Crippen molar-refractivity contribution in [2.75, 3.05) is 5.32 Å². The van der Waals surface area contributed by atoms with E-state index in [9.17, 15) is 9.59 Å². The summed E-state index contributed by atoms with van der Waals surface area (Å²) in [5.41, 5.74) is 4.28. The van der Waals surface area contributed by atoms with Gasteiger partial charge in [0.15, 0.2) is 0 Å². The van der Waals surface area contributed by atoms with E-state index in [1.165, 1.54) is 5.56 Å². The second-order valence-corrected chi connectivity index (χ2v) is 10.3. The molecule has 4 rings (SSSR count). The number of carbonyl (C=O) groups excluding carboxylic acids is 2. The molecular formula is C27H32N2O3. The van der Waals surface area contributed by atoms with Gasteiger partial charge in [0.1, 0.15) is 0 Å². The van der Waals surface area contributed by atoms with Crippen molar-refractivity contribution in [2.45, 2.75) is 60.8 Å². The fraction of sp³-hybridized carbons (Fsp3) is 0.444. The maximum Gasteiger partial charge on any atom is 0.365 e. The molecule has 2 unspecified atom stereocenters. The van der Waals surface area contributed by atoms with Crippen LogP contribution in [0.1, 0.15) is 67.1 Å². The van der Waals surface area contributed by atoms with Gasteiger partial charge >= 0.3 is 5.97 Å². The monoisotopic (exact) mass is 432 g/mol. The smallest absolute Gasteiger partial charge is 0.326 e. The molecule has 5 nitrogen and oxygen atoms in total. The van der Waals surface area contributed by atoms with E-state index in [1.807, 2.05) is 44.2 Å². The van der Waals surface area contributed by atoms with E-state index in [2.05, 4.69) is 38.2 Å². The zero-order valence-corrected chi connectivity index (χ0v) is 19.8. The van der Waals surface area contributed by atoms with E-state index >= 15 is 0 Å². The number of hydrogen-bond donors (Lipinski definition) is 1. The van der Waals surface area contributed by atoms with Gasteiger partial charge in [-0.1, -0.05) is 49.7 Å². The number of amides is 1. The molecule has 0 heterocycles. The molecule has 1 N–H and O–H groups in total. The van der Waals surface area contributed by atoms with Gasteiger partial charge in [0.2, 0.25) is 5.91 Å². The summed E-state index contributed by atoms with van der Waals surface area (Å²) in [6, 6.07) is 13.2. The first-order valence-corrected chi connectivity index (χ1v) is 11.2. The van der Waals surface area contributed by atoms with Gasteiger partial charge in [0.05, 0.1) is 16.7 Å². The van der Waals surface area contributed by atoms with Crippen LogP contribution in [0, 0.1) is 37.0 Å². The highest BCUT2D eigenvalue weighted by Gasteiger charge is 2.71. The summed E-state index contributed by atoms with van der Waals surface area (Å²) in [5, 5.41) is 7.48. The molecule has 2 aromatic rings. The van der Waals surface area contributed by atoms with Gasteiger partial charge in [-0.3, -0.25) is 4.79 Å². The quantitative estimate of drug-likeness (QED) is 0.477. The van der Waals surface area contributed by atoms with Crippen LogP contribution >= 0.6 is 0 Å². The Hall–Kier alpha value is -2.95. The lowest BCUT2D eigenvalue weighted by Crippen LogP contribution is -2.43. The van der Waals surface area contributed by atoms with Crippen molar-refractivity contribution in [3.63, 3.8) is 0 Å². The number of nitrogens with zero attached hydrogens (tertiary/aromatic N) is 1. The molecule has 2 aliphatic carbocycles. The average molecular weight is 433 g/mol. The second kappa shape index (κ2) is 7.58. The number of hydrogen-bond acceptors (Lipinski definition) is 4. The minimum absolute atomic E-state index is 0.0181. The third-order valence-corrected chi connectivity index (χ3v) is 8.46. The zero-order valence-electron chi connectivity index (χ0n) is 19.8. The van der Waals surface area contributed by atoms with Crippen LogP contribution in [0.2, 0.25) is 0 Å². The number of rotatable bonds is 4. The Balaban J connectivity index is 1.58. The second-order valence-electron chi connectivity index (χ2n) is 10.3. The summed E-state index contributed by atoms with van der Waals surface area (Å²) in [5.74, 6) is -0.458. The molecule has 1 amide bonds. The lowest BCUT2D eigenvalue weighted by atomic mass is 9.64. The standard InChI is InChI=1S/C27H32N2O3/c1-17-7-10-20(11-8-17)23(30)32-29-22-16-27(14-13-26(22,6)25(27,4)5)24(31)28-21-12-9-18(2)19(3)15-21/h7-12,15H,13-14,16H2,1-6H3,(H,28,31)/b29-22-. The summed E-state index contributed by atoms with van der Waals surface area (Å²) in [6.07, 6.45) is 2.12. The number of nitrogens with one attached hydrogen (secondary N) is 1. The first-order chi connectivity index (χ1) is 15.0. The van der Waals surface area contributed by atoms with Gasteiger partial charge in [-0.25, -0.2) is 4.79 Å². The summed E-state index contributed by atoms with van der Waals surface area (Å²) < 4.78 is 0. The van der Waals surface area contributed by atoms with Crippen molar-refractivity contribution < 1.29 is 14.4 Å². The maximum absolute atomic E-state index is 13.6. The molecule has 32 heavy (non-hydrogen) atoms. The van der Waals surface area contributed by atoms with E-state index in [0.717, 1.165) is 35.4 Å². The Bertz CT molecular complexity index is 1120. The highest BCUT2D eigenvalue weighted by atomic mass is 16.7. The van der Waals surface area contributed by atoms with Crippen LogP contribution in [-0.2, 0) is 9.63 Å². The summed E-state index contributed by atoms with van der Waals surface area (Å²) in [4.78, 5) is 31.5.